The Balaban J connectivity index is 1.75. The number of fused-ring (bicyclic) bond motifs is 1. The summed E-state index contributed by atoms with van der Waals surface area (Å²) in [6.07, 6.45) is 2.02. The number of nitrogens with one attached hydrogen (secondary N) is 1. The van der Waals surface area contributed by atoms with Crippen LogP contribution in [0.3, 0.4) is 0 Å². The number of piperidine rings is 1. The van der Waals surface area contributed by atoms with Crippen LogP contribution in [0.25, 0.3) is 10.2 Å². The molecule has 1 aromatic carbocycles. The second-order valence-electron chi connectivity index (χ2n) is 7.07. The van der Waals surface area contributed by atoms with Crippen LogP contribution in [0.2, 0.25) is 0 Å². The summed E-state index contributed by atoms with van der Waals surface area (Å²) >= 11 is 1.72. The Morgan fingerprint density at radius 1 is 1.32 bits per heavy atom. The molecule has 1 aromatic heterocycles. The molecule has 1 aliphatic rings. The van der Waals surface area contributed by atoms with E-state index in [0.29, 0.717) is 6.54 Å². The van der Waals surface area contributed by atoms with E-state index in [1.54, 1.807) is 11.3 Å². The number of rotatable bonds is 4. The fraction of sp³-hybridized carbons (Fsp3) is 0.526. The van der Waals surface area contributed by atoms with Crippen molar-refractivity contribution < 1.29 is 9.59 Å². The van der Waals surface area contributed by atoms with Gasteiger partial charge in [-0.1, -0.05) is 26.0 Å². The van der Waals surface area contributed by atoms with Gasteiger partial charge in [0.05, 0.1) is 15.2 Å². The molecule has 0 unspecified atom stereocenters. The lowest BCUT2D eigenvalue weighted by Gasteiger charge is -2.35. The van der Waals surface area contributed by atoms with Gasteiger partial charge in [0.1, 0.15) is 6.04 Å². The molecule has 0 radical (unpaired) electrons. The van der Waals surface area contributed by atoms with Gasteiger partial charge in [-0.2, -0.15) is 0 Å². The molecule has 134 valence electrons. The average molecular weight is 359 g/mol. The molecule has 0 bridgehead atoms. The molecule has 0 saturated carbocycles. The molecule has 2 amide bonds. The van der Waals surface area contributed by atoms with Crippen molar-refractivity contribution in [2.75, 3.05) is 13.1 Å². The molecule has 0 aliphatic carbocycles. The Hall–Kier alpha value is -1.95. The average Bonchev–Trinajstić information content (AvgIpc) is 3.03. The zero-order chi connectivity index (χ0) is 18.0. The summed E-state index contributed by atoms with van der Waals surface area (Å²) < 4.78 is 1.19. The third-order valence-electron chi connectivity index (χ3n) is 4.68. The van der Waals surface area contributed by atoms with Crippen molar-refractivity contribution in [1.29, 1.82) is 0 Å². The van der Waals surface area contributed by atoms with Crippen LogP contribution in [0.15, 0.2) is 24.3 Å². The van der Waals surface area contributed by atoms with E-state index in [-0.39, 0.29) is 23.7 Å². The highest BCUT2D eigenvalue weighted by Crippen LogP contribution is 2.33. The Kier molecular flexibility index (Phi) is 5.37. The first kappa shape index (κ1) is 17.9. The molecule has 1 saturated heterocycles. The first-order valence-corrected chi connectivity index (χ1v) is 9.68. The highest BCUT2D eigenvalue weighted by molar-refractivity contribution is 7.18. The molecule has 6 heteroatoms. The van der Waals surface area contributed by atoms with Gasteiger partial charge in [-0.05, 0) is 30.9 Å². The van der Waals surface area contributed by atoms with Gasteiger partial charge in [0.15, 0.2) is 0 Å². The van der Waals surface area contributed by atoms with Crippen LogP contribution in [-0.4, -0.2) is 40.8 Å². The van der Waals surface area contributed by atoms with Crippen molar-refractivity contribution in [1.82, 2.24) is 15.2 Å². The predicted octanol–water partition coefficient (Wildman–Crippen LogP) is 3.16. The summed E-state index contributed by atoms with van der Waals surface area (Å²) in [5.41, 5.74) is 1.03. The Morgan fingerprint density at radius 3 is 2.76 bits per heavy atom. The molecule has 25 heavy (non-hydrogen) atoms. The maximum absolute atomic E-state index is 12.9. The molecule has 3 rings (SSSR count). The van der Waals surface area contributed by atoms with Crippen molar-refractivity contribution in [2.45, 2.75) is 45.6 Å². The van der Waals surface area contributed by atoms with E-state index in [0.717, 1.165) is 29.9 Å². The number of para-hydroxylation sites is 1. The van der Waals surface area contributed by atoms with E-state index < -0.39 is 6.04 Å². The monoisotopic (exact) mass is 359 g/mol. The second kappa shape index (κ2) is 7.52. The number of carbonyl (C=O) groups is 2. The van der Waals surface area contributed by atoms with Crippen molar-refractivity contribution in [3.8, 4) is 0 Å². The first-order valence-electron chi connectivity index (χ1n) is 8.87. The van der Waals surface area contributed by atoms with E-state index in [1.807, 2.05) is 36.9 Å². The van der Waals surface area contributed by atoms with Crippen LogP contribution >= 0.6 is 11.3 Å². The minimum atomic E-state index is -0.452. The summed E-state index contributed by atoms with van der Waals surface area (Å²) in [7, 11) is 0. The number of likely N-dealkylation sites (tertiary alicyclic amines) is 1. The fourth-order valence-corrected chi connectivity index (χ4v) is 4.47. The number of hydrogen-bond acceptors (Lipinski definition) is 4. The number of aromatic nitrogens is 1. The van der Waals surface area contributed by atoms with Gasteiger partial charge in [0.2, 0.25) is 11.8 Å². The van der Waals surface area contributed by atoms with Crippen molar-refractivity contribution in [3.63, 3.8) is 0 Å². The quantitative estimate of drug-likeness (QED) is 0.912. The maximum Gasteiger partial charge on any atom is 0.245 e. The zero-order valence-electron chi connectivity index (χ0n) is 15.0. The number of hydrogen-bond donors (Lipinski definition) is 1. The smallest absolute Gasteiger partial charge is 0.245 e. The van der Waals surface area contributed by atoms with E-state index in [1.165, 1.54) is 11.6 Å². The van der Waals surface area contributed by atoms with Crippen molar-refractivity contribution in [3.05, 3.63) is 29.3 Å². The minimum Gasteiger partial charge on any atom is -0.344 e. The van der Waals surface area contributed by atoms with Gasteiger partial charge in [-0.25, -0.2) is 4.98 Å². The van der Waals surface area contributed by atoms with E-state index in [2.05, 4.69) is 11.4 Å². The SMILES string of the molecule is CC(=O)N[C@H](C(=O)N1CCC[C@H](c2nc3ccccc3s2)C1)C(C)C. The third kappa shape index (κ3) is 4.00. The van der Waals surface area contributed by atoms with Gasteiger partial charge in [-0.3, -0.25) is 9.59 Å². The van der Waals surface area contributed by atoms with Gasteiger partial charge < -0.3 is 10.2 Å². The van der Waals surface area contributed by atoms with Gasteiger partial charge >= 0.3 is 0 Å². The lowest BCUT2D eigenvalue weighted by atomic mass is 9.96. The van der Waals surface area contributed by atoms with Gasteiger partial charge in [-0.15, -0.1) is 11.3 Å². The molecule has 1 fully saturated rings. The van der Waals surface area contributed by atoms with Crippen LogP contribution < -0.4 is 5.32 Å². The lowest BCUT2D eigenvalue weighted by Crippen LogP contribution is -2.52. The molecular weight excluding hydrogens is 334 g/mol. The van der Waals surface area contributed by atoms with Crippen molar-refractivity contribution in [2.24, 2.45) is 5.92 Å². The molecule has 1 aliphatic heterocycles. The second-order valence-corrected chi connectivity index (χ2v) is 8.13. The number of thiazole rings is 1. The predicted molar refractivity (Wildman–Crippen MR) is 101 cm³/mol. The molecule has 2 heterocycles. The highest BCUT2D eigenvalue weighted by Gasteiger charge is 2.32. The lowest BCUT2D eigenvalue weighted by molar-refractivity contribution is -0.138. The van der Waals surface area contributed by atoms with E-state index in [9.17, 15) is 9.59 Å². The summed E-state index contributed by atoms with van der Waals surface area (Å²) in [5, 5.41) is 3.92. The number of carbonyl (C=O) groups excluding carboxylic acids is 2. The highest BCUT2D eigenvalue weighted by atomic mass is 32.1. The van der Waals surface area contributed by atoms with E-state index >= 15 is 0 Å². The third-order valence-corrected chi connectivity index (χ3v) is 5.88. The Labute approximate surface area is 152 Å². The molecule has 2 atom stereocenters. The summed E-state index contributed by atoms with van der Waals surface area (Å²) in [4.78, 5) is 31.0. The normalized spacial score (nSPS) is 19.2. The standard InChI is InChI=1S/C19H25N3O2S/c1-12(2)17(20-13(3)23)19(24)22-10-6-7-14(11-22)18-21-15-8-4-5-9-16(15)25-18/h4-5,8-9,12,14,17H,6-7,10-11H2,1-3H3,(H,20,23)/t14-,17-/m0/s1. The number of benzene rings is 1. The fourth-order valence-electron chi connectivity index (χ4n) is 3.37. The topological polar surface area (TPSA) is 62.3 Å². The minimum absolute atomic E-state index is 0.0241. The van der Waals surface area contributed by atoms with Crippen LogP contribution in [-0.2, 0) is 9.59 Å². The van der Waals surface area contributed by atoms with Crippen LogP contribution in [0, 0.1) is 5.92 Å². The van der Waals surface area contributed by atoms with Crippen LogP contribution in [0.1, 0.15) is 44.5 Å². The Morgan fingerprint density at radius 2 is 2.08 bits per heavy atom. The van der Waals surface area contributed by atoms with E-state index in [4.69, 9.17) is 4.98 Å². The molecule has 5 nitrogen and oxygen atoms in total. The first-order chi connectivity index (χ1) is 12.0. The molecule has 2 aromatic rings. The molecular formula is C19H25N3O2S. The summed E-state index contributed by atoms with van der Waals surface area (Å²) in [6, 6.07) is 7.71. The summed E-state index contributed by atoms with van der Waals surface area (Å²) in [5.74, 6) is 0.210. The number of nitrogens with zero attached hydrogens (tertiary/aromatic N) is 2. The zero-order valence-corrected chi connectivity index (χ0v) is 15.8. The number of amides is 2. The Bertz CT molecular complexity index is 738. The van der Waals surface area contributed by atoms with Gasteiger partial charge in [0, 0.05) is 25.9 Å². The summed E-state index contributed by atoms with van der Waals surface area (Å²) in [6.45, 7) is 6.83. The van der Waals surface area contributed by atoms with Crippen LogP contribution in [0.4, 0.5) is 0 Å². The van der Waals surface area contributed by atoms with Gasteiger partial charge in [0.25, 0.3) is 0 Å². The van der Waals surface area contributed by atoms with Crippen LogP contribution in [0.5, 0.6) is 0 Å². The molecule has 0 spiro atoms. The van der Waals surface area contributed by atoms with Crippen molar-refractivity contribution >= 4 is 33.4 Å². The largest absolute Gasteiger partial charge is 0.344 e. The molecule has 1 N–H and O–H groups in total. The maximum atomic E-state index is 12.9.